The minimum atomic E-state index is 0.294. The Morgan fingerprint density at radius 1 is 1.00 bits per heavy atom. The van der Waals surface area contributed by atoms with Gasteiger partial charge in [-0.15, -0.1) is 0 Å². The van der Waals surface area contributed by atoms with Crippen molar-refractivity contribution in [1.29, 1.82) is 0 Å². The first kappa shape index (κ1) is 12.8. The number of hydrogen-bond acceptors (Lipinski definition) is 1. The van der Waals surface area contributed by atoms with Gasteiger partial charge in [-0.05, 0) is 36.6 Å². The minimum Gasteiger partial charge on any atom is -0.362 e. The molecular weight excluding hydrogens is 277 g/mol. The van der Waals surface area contributed by atoms with Crippen molar-refractivity contribution in [2.75, 3.05) is 11.4 Å². The molecule has 0 saturated heterocycles. The largest absolute Gasteiger partial charge is 0.362 e. The Morgan fingerprint density at radius 3 is 2.42 bits per heavy atom. The van der Waals surface area contributed by atoms with Crippen LogP contribution in [-0.2, 0) is 6.42 Å². The van der Waals surface area contributed by atoms with Gasteiger partial charge in [0.15, 0.2) is 0 Å². The molecule has 3 heteroatoms. The zero-order chi connectivity index (χ0) is 13.4. The topological polar surface area (TPSA) is 3.24 Å². The van der Waals surface area contributed by atoms with Gasteiger partial charge in [-0.25, -0.2) is 0 Å². The fraction of sp³-hybridized carbons (Fsp3) is 0.250. The summed E-state index contributed by atoms with van der Waals surface area (Å²) in [4.78, 5) is 2.30. The predicted octanol–water partition coefficient (Wildman–Crippen LogP) is 5.12. The van der Waals surface area contributed by atoms with Crippen molar-refractivity contribution in [3.05, 3.63) is 63.6 Å². The monoisotopic (exact) mass is 291 g/mol. The van der Waals surface area contributed by atoms with Gasteiger partial charge < -0.3 is 4.90 Å². The maximum Gasteiger partial charge on any atom is 0.0750 e. The molecule has 0 bridgehead atoms. The van der Waals surface area contributed by atoms with Crippen LogP contribution in [0.5, 0.6) is 0 Å². The lowest BCUT2D eigenvalue weighted by Gasteiger charge is -2.38. The number of nitrogens with zero attached hydrogens (tertiary/aromatic N) is 1. The molecule has 19 heavy (non-hydrogen) atoms. The van der Waals surface area contributed by atoms with E-state index in [1.54, 1.807) is 0 Å². The van der Waals surface area contributed by atoms with Crippen LogP contribution in [0.3, 0.4) is 0 Å². The maximum atomic E-state index is 6.33. The molecule has 0 N–H and O–H groups in total. The third-order valence-corrected chi connectivity index (χ3v) is 4.43. The molecule has 1 atom stereocenters. The van der Waals surface area contributed by atoms with Crippen LogP contribution in [-0.4, -0.2) is 6.54 Å². The molecule has 1 aliphatic rings. The molecule has 0 amide bonds. The summed E-state index contributed by atoms with van der Waals surface area (Å²) >= 11 is 12.7. The third-order valence-electron chi connectivity index (χ3n) is 3.82. The lowest BCUT2D eigenvalue weighted by atomic mass is 9.93. The van der Waals surface area contributed by atoms with Gasteiger partial charge in [-0.1, -0.05) is 53.5 Å². The third kappa shape index (κ3) is 2.22. The maximum absolute atomic E-state index is 6.33. The highest BCUT2D eigenvalue weighted by Crippen LogP contribution is 2.40. The number of benzene rings is 2. The molecule has 98 valence electrons. The van der Waals surface area contributed by atoms with E-state index >= 15 is 0 Å². The van der Waals surface area contributed by atoms with Crippen LogP contribution in [0.25, 0.3) is 0 Å². The Hall–Kier alpha value is -1.18. The standard InChI is InChI=1S/C16H15Cl2N/c1-11-13-6-3-2-5-12(13)9-10-19(11)16-14(17)7-4-8-15(16)18/h2-8,11H,9-10H2,1H3. The average molecular weight is 292 g/mol. The first-order chi connectivity index (χ1) is 9.18. The summed E-state index contributed by atoms with van der Waals surface area (Å²) in [6.07, 6.45) is 1.03. The molecule has 3 rings (SSSR count). The number of para-hydroxylation sites is 1. The first-order valence-corrected chi connectivity index (χ1v) is 7.22. The van der Waals surface area contributed by atoms with Crippen molar-refractivity contribution in [3.8, 4) is 0 Å². The van der Waals surface area contributed by atoms with Crippen molar-refractivity contribution in [3.63, 3.8) is 0 Å². The molecule has 0 aromatic heterocycles. The van der Waals surface area contributed by atoms with Crippen LogP contribution < -0.4 is 4.90 Å². The summed E-state index contributed by atoms with van der Waals surface area (Å²) in [5, 5.41) is 1.44. The Bertz CT molecular complexity index is 589. The van der Waals surface area contributed by atoms with E-state index in [-0.39, 0.29) is 0 Å². The Balaban J connectivity index is 2.05. The minimum absolute atomic E-state index is 0.294. The SMILES string of the molecule is CC1c2ccccc2CCN1c1c(Cl)cccc1Cl. The highest BCUT2D eigenvalue weighted by molar-refractivity contribution is 6.39. The van der Waals surface area contributed by atoms with Gasteiger partial charge >= 0.3 is 0 Å². The predicted molar refractivity (Wildman–Crippen MR) is 82.4 cm³/mol. The summed E-state index contributed by atoms with van der Waals surface area (Å²) in [6.45, 7) is 3.15. The van der Waals surface area contributed by atoms with E-state index in [0.29, 0.717) is 6.04 Å². The lowest BCUT2D eigenvalue weighted by molar-refractivity contribution is 0.625. The number of halogens is 2. The van der Waals surface area contributed by atoms with Crippen molar-refractivity contribution in [2.24, 2.45) is 0 Å². The van der Waals surface area contributed by atoms with E-state index in [0.717, 1.165) is 28.7 Å². The Labute approximate surface area is 123 Å². The van der Waals surface area contributed by atoms with E-state index in [9.17, 15) is 0 Å². The smallest absolute Gasteiger partial charge is 0.0750 e. The van der Waals surface area contributed by atoms with Crippen LogP contribution in [0.4, 0.5) is 5.69 Å². The van der Waals surface area contributed by atoms with Gasteiger partial charge in [0.25, 0.3) is 0 Å². The molecule has 1 unspecified atom stereocenters. The molecular formula is C16H15Cl2N. The van der Waals surface area contributed by atoms with Crippen LogP contribution in [0.2, 0.25) is 10.0 Å². The lowest BCUT2D eigenvalue weighted by Crippen LogP contribution is -2.34. The van der Waals surface area contributed by atoms with Gasteiger partial charge in [0.1, 0.15) is 0 Å². The zero-order valence-corrected chi connectivity index (χ0v) is 12.2. The van der Waals surface area contributed by atoms with E-state index in [2.05, 4.69) is 36.1 Å². The molecule has 0 aliphatic carbocycles. The second-order valence-electron chi connectivity index (χ2n) is 4.89. The van der Waals surface area contributed by atoms with Gasteiger partial charge in [0.05, 0.1) is 21.8 Å². The molecule has 0 spiro atoms. The van der Waals surface area contributed by atoms with Gasteiger partial charge in [-0.2, -0.15) is 0 Å². The molecule has 1 heterocycles. The van der Waals surface area contributed by atoms with E-state index < -0.39 is 0 Å². The number of fused-ring (bicyclic) bond motifs is 1. The number of hydrogen-bond donors (Lipinski definition) is 0. The van der Waals surface area contributed by atoms with Crippen molar-refractivity contribution in [2.45, 2.75) is 19.4 Å². The summed E-state index contributed by atoms with van der Waals surface area (Å²) in [5.41, 5.74) is 3.74. The van der Waals surface area contributed by atoms with Crippen LogP contribution in [0.15, 0.2) is 42.5 Å². The normalized spacial score (nSPS) is 18.3. The fourth-order valence-corrected chi connectivity index (χ4v) is 3.46. The molecule has 1 aliphatic heterocycles. The summed E-state index contributed by atoms with van der Waals surface area (Å²) < 4.78 is 0. The van der Waals surface area contributed by atoms with Crippen molar-refractivity contribution < 1.29 is 0 Å². The van der Waals surface area contributed by atoms with Crippen LogP contribution in [0.1, 0.15) is 24.1 Å². The molecule has 1 nitrogen and oxygen atoms in total. The van der Waals surface area contributed by atoms with Crippen LogP contribution in [0, 0.1) is 0 Å². The van der Waals surface area contributed by atoms with E-state index in [4.69, 9.17) is 23.2 Å². The van der Waals surface area contributed by atoms with Crippen molar-refractivity contribution in [1.82, 2.24) is 0 Å². The number of anilines is 1. The van der Waals surface area contributed by atoms with Crippen LogP contribution >= 0.6 is 23.2 Å². The summed E-state index contributed by atoms with van der Waals surface area (Å²) in [6, 6.07) is 14.6. The molecule has 2 aromatic carbocycles. The molecule has 2 aromatic rings. The van der Waals surface area contributed by atoms with Crippen molar-refractivity contribution >= 4 is 28.9 Å². The van der Waals surface area contributed by atoms with Gasteiger partial charge in [-0.3, -0.25) is 0 Å². The average Bonchev–Trinajstić information content (AvgIpc) is 2.41. The number of rotatable bonds is 1. The second-order valence-corrected chi connectivity index (χ2v) is 5.70. The van der Waals surface area contributed by atoms with E-state index in [1.807, 2.05) is 18.2 Å². The highest BCUT2D eigenvalue weighted by Gasteiger charge is 2.26. The zero-order valence-electron chi connectivity index (χ0n) is 10.7. The summed E-state index contributed by atoms with van der Waals surface area (Å²) in [7, 11) is 0. The molecule has 0 fully saturated rings. The quantitative estimate of drug-likeness (QED) is 0.705. The highest BCUT2D eigenvalue weighted by atomic mass is 35.5. The fourth-order valence-electron chi connectivity index (χ4n) is 2.84. The second kappa shape index (κ2) is 5.07. The first-order valence-electron chi connectivity index (χ1n) is 6.47. The Morgan fingerprint density at radius 2 is 1.68 bits per heavy atom. The van der Waals surface area contributed by atoms with Gasteiger partial charge in [0.2, 0.25) is 0 Å². The Kier molecular flexibility index (Phi) is 3.42. The molecule has 0 radical (unpaired) electrons. The summed E-state index contributed by atoms with van der Waals surface area (Å²) in [5.74, 6) is 0. The molecule has 0 saturated carbocycles. The van der Waals surface area contributed by atoms with Gasteiger partial charge in [0, 0.05) is 6.54 Å². The van der Waals surface area contributed by atoms with E-state index in [1.165, 1.54) is 11.1 Å².